The van der Waals surface area contributed by atoms with Gasteiger partial charge in [0.15, 0.2) is 0 Å². The molecule has 8 nitrogen and oxygen atoms in total. The lowest BCUT2D eigenvalue weighted by atomic mass is 10.2. The van der Waals surface area contributed by atoms with Crippen LogP contribution in [0, 0.1) is 0 Å². The predicted molar refractivity (Wildman–Crippen MR) is 106 cm³/mol. The van der Waals surface area contributed by atoms with Crippen LogP contribution in [0.2, 0.25) is 10.0 Å². The Labute approximate surface area is 174 Å². The number of ether oxygens (including phenoxy) is 1. The molecule has 1 N–H and O–H groups in total. The summed E-state index contributed by atoms with van der Waals surface area (Å²) < 4.78 is 6.21. The van der Waals surface area contributed by atoms with Gasteiger partial charge >= 0.3 is 5.97 Å². The normalized spacial score (nSPS) is 10.5. The highest BCUT2D eigenvalue weighted by atomic mass is 35.5. The van der Waals surface area contributed by atoms with Crippen LogP contribution in [0.5, 0.6) is 0 Å². The van der Waals surface area contributed by atoms with Crippen LogP contribution in [0.4, 0.5) is 5.69 Å². The Hall–Kier alpha value is -2.62. The number of hydrogen-bond acceptors (Lipinski definition) is 7. The Balaban J connectivity index is 1.69. The quantitative estimate of drug-likeness (QED) is 0.465. The van der Waals surface area contributed by atoms with E-state index >= 15 is 0 Å². The first kappa shape index (κ1) is 20.1. The zero-order chi connectivity index (χ0) is 20.1. The molecule has 0 bridgehead atoms. The highest BCUT2D eigenvalue weighted by molar-refractivity contribution is 7.99. The van der Waals surface area contributed by atoms with Crippen LogP contribution in [0.25, 0.3) is 5.69 Å². The van der Waals surface area contributed by atoms with Crippen molar-refractivity contribution < 1.29 is 14.3 Å². The molecule has 1 heterocycles. The van der Waals surface area contributed by atoms with Crippen molar-refractivity contribution in [2.45, 2.75) is 5.16 Å². The van der Waals surface area contributed by atoms with E-state index in [4.69, 9.17) is 27.9 Å². The Morgan fingerprint density at radius 2 is 1.86 bits per heavy atom. The number of aromatic nitrogens is 4. The molecular formula is C17H13Cl2N5O3S. The molecule has 0 spiro atoms. The fraction of sp³-hybridized carbons (Fsp3) is 0.118. The van der Waals surface area contributed by atoms with E-state index in [0.717, 1.165) is 11.8 Å². The Morgan fingerprint density at radius 1 is 1.14 bits per heavy atom. The summed E-state index contributed by atoms with van der Waals surface area (Å²) in [6.07, 6.45) is 0. The van der Waals surface area contributed by atoms with Gasteiger partial charge in [0, 0.05) is 10.0 Å². The molecule has 3 aromatic rings. The first-order valence-corrected chi connectivity index (χ1v) is 9.57. The van der Waals surface area contributed by atoms with E-state index in [1.165, 1.54) is 23.9 Å². The summed E-state index contributed by atoms with van der Waals surface area (Å²) >= 11 is 13.0. The second-order valence-corrected chi connectivity index (χ2v) is 7.18. The van der Waals surface area contributed by atoms with Crippen LogP contribution in [-0.2, 0) is 9.53 Å². The summed E-state index contributed by atoms with van der Waals surface area (Å²) in [4.78, 5) is 24.2. The monoisotopic (exact) mass is 437 g/mol. The molecule has 0 fully saturated rings. The van der Waals surface area contributed by atoms with Crippen molar-refractivity contribution in [3.63, 3.8) is 0 Å². The third kappa shape index (κ3) is 4.80. The van der Waals surface area contributed by atoms with Gasteiger partial charge in [0.05, 0.1) is 29.8 Å². The largest absolute Gasteiger partial charge is 0.465 e. The minimum Gasteiger partial charge on any atom is -0.465 e. The summed E-state index contributed by atoms with van der Waals surface area (Å²) in [5.74, 6) is -0.921. The number of amides is 1. The molecular weight excluding hydrogens is 425 g/mol. The predicted octanol–water partition coefficient (Wildman–Crippen LogP) is 3.49. The fourth-order valence-electron chi connectivity index (χ4n) is 2.24. The molecule has 0 aliphatic carbocycles. The van der Waals surface area contributed by atoms with Crippen molar-refractivity contribution in [1.29, 1.82) is 0 Å². The summed E-state index contributed by atoms with van der Waals surface area (Å²) in [5.41, 5.74) is 1.18. The van der Waals surface area contributed by atoms with Crippen LogP contribution < -0.4 is 5.32 Å². The van der Waals surface area contributed by atoms with Crippen molar-refractivity contribution in [1.82, 2.24) is 20.2 Å². The summed E-state index contributed by atoms with van der Waals surface area (Å²) in [7, 11) is 1.26. The number of methoxy groups -OCH3 is 1. The fourth-order valence-corrected chi connectivity index (χ4v) is 3.23. The van der Waals surface area contributed by atoms with Gasteiger partial charge < -0.3 is 10.1 Å². The van der Waals surface area contributed by atoms with Gasteiger partial charge in [-0.2, -0.15) is 4.68 Å². The molecule has 0 atom stereocenters. The minimum absolute atomic E-state index is 0.0150. The number of thioether (sulfide) groups is 1. The lowest BCUT2D eigenvalue weighted by Gasteiger charge is -2.10. The highest BCUT2D eigenvalue weighted by Crippen LogP contribution is 2.23. The van der Waals surface area contributed by atoms with Crippen molar-refractivity contribution in [2.24, 2.45) is 0 Å². The number of carbonyl (C=O) groups is 2. The van der Waals surface area contributed by atoms with Crippen LogP contribution in [-0.4, -0.2) is 44.9 Å². The summed E-state index contributed by atoms with van der Waals surface area (Å²) in [5, 5.41) is 15.5. The number of benzene rings is 2. The first-order valence-electron chi connectivity index (χ1n) is 7.83. The third-order valence-corrected chi connectivity index (χ3v) is 4.91. The topological polar surface area (TPSA) is 99.0 Å². The molecule has 0 aliphatic rings. The maximum atomic E-state index is 12.4. The van der Waals surface area contributed by atoms with Crippen LogP contribution >= 0.6 is 35.0 Å². The minimum atomic E-state index is -0.577. The van der Waals surface area contributed by atoms with E-state index in [1.54, 1.807) is 30.3 Å². The molecule has 11 heteroatoms. The number of hydrogen-bond donors (Lipinski definition) is 1. The molecule has 28 heavy (non-hydrogen) atoms. The summed E-state index contributed by atoms with van der Waals surface area (Å²) in [6.45, 7) is 0. The van der Waals surface area contributed by atoms with E-state index in [1.807, 2.05) is 0 Å². The van der Waals surface area contributed by atoms with Crippen molar-refractivity contribution in [3.05, 3.63) is 58.1 Å². The standard InChI is InChI=1S/C17H13Cl2N5O3S/c1-27-16(26)13-7-4-11(19)8-14(13)20-15(25)9-28-17-21-22-23-24(17)12-5-2-10(18)3-6-12/h2-8H,9H2,1H3,(H,20,25). The van der Waals surface area contributed by atoms with Crippen LogP contribution in [0.3, 0.4) is 0 Å². The average molecular weight is 438 g/mol. The molecule has 1 amide bonds. The van der Waals surface area contributed by atoms with Crippen LogP contribution in [0.15, 0.2) is 47.6 Å². The van der Waals surface area contributed by atoms with Gasteiger partial charge in [-0.25, -0.2) is 4.79 Å². The van der Waals surface area contributed by atoms with Gasteiger partial charge in [-0.05, 0) is 52.9 Å². The number of esters is 1. The highest BCUT2D eigenvalue weighted by Gasteiger charge is 2.16. The van der Waals surface area contributed by atoms with E-state index in [9.17, 15) is 9.59 Å². The molecule has 0 radical (unpaired) electrons. The van der Waals surface area contributed by atoms with Gasteiger partial charge in [-0.3, -0.25) is 4.79 Å². The molecule has 2 aromatic carbocycles. The Morgan fingerprint density at radius 3 is 2.57 bits per heavy atom. The second kappa shape index (κ2) is 9.05. The number of carbonyl (C=O) groups excluding carboxylic acids is 2. The van der Waals surface area contributed by atoms with Crippen molar-refractivity contribution in [2.75, 3.05) is 18.2 Å². The molecule has 0 saturated carbocycles. The molecule has 144 valence electrons. The maximum Gasteiger partial charge on any atom is 0.339 e. The number of anilines is 1. The lowest BCUT2D eigenvalue weighted by Crippen LogP contribution is -2.17. The van der Waals surface area contributed by atoms with E-state index in [0.29, 0.717) is 20.9 Å². The first-order chi connectivity index (χ1) is 13.5. The van der Waals surface area contributed by atoms with E-state index < -0.39 is 5.97 Å². The van der Waals surface area contributed by atoms with Crippen LogP contribution in [0.1, 0.15) is 10.4 Å². The molecule has 0 aliphatic heterocycles. The van der Waals surface area contributed by atoms with E-state index in [2.05, 4.69) is 20.8 Å². The maximum absolute atomic E-state index is 12.4. The Bertz CT molecular complexity index is 1010. The van der Waals surface area contributed by atoms with Crippen molar-refractivity contribution >= 4 is 52.5 Å². The number of nitrogens with zero attached hydrogens (tertiary/aromatic N) is 4. The molecule has 0 unspecified atom stereocenters. The van der Waals surface area contributed by atoms with Gasteiger partial charge in [0.25, 0.3) is 0 Å². The SMILES string of the molecule is COC(=O)c1ccc(Cl)cc1NC(=O)CSc1nnnn1-c1ccc(Cl)cc1. The summed E-state index contributed by atoms with van der Waals surface area (Å²) in [6, 6.07) is 11.5. The number of rotatable bonds is 6. The van der Waals surface area contributed by atoms with Crippen molar-refractivity contribution in [3.8, 4) is 5.69 Å². The van der Waals surface area contributed by atoms with Gasteiger partial charge in [-0.1, -0.05) is 35.0 Å². The van der Waals surface area contributed by atoms with Gasteiger partial charge in [-0.15, -0.1) is 5.10 Å². The average Bonchev–Trinajstić information content (AvgIpc) is 3.15. The number of halogens is 2. The zero-order valence-electron chi connectivity index (χ0n) is 14.4. The van der Waals surface area contributed by atoms with E-state index in [-0.39, 0.29) is 22.9 Å². The Kier molecular flexibility index (Phi) is 6.50. The zero-order valence-corrected chi connectivity index (χ0v) is 16.8. The van der Waals surface area contributed by atoms with Gasteiger partial charge in [0.1, 0.15) is 0 Å². The lowest BCUT2D eigenvalue weighted by molar-refractivity contribution is -0.113. The molecule has 0 saturated heterocycles. The van der Waals surface area contributed by atoms with Gasteiger partial charge in [0.2, 0.25) is 11.1 Å². The smallest absolute Gasteiger partial charge is 0.339 e. The number of nitrogens with one attached hydrogen (secondary N) is 1. The number of tetrazole rings is 1. The third-order valence-electron chi connectivity index (χ3n) is 3.51. The second-order valence-electron chi connectivity index (χ2n) is 5.37. The molecule has 3 rings (SSSR count). The molecule has 1 aromatic heterocycles.